The number of hydrogen-bond donors (Lipinski definition) is 0. The molecule has 5 heteroatoms. The molecule has 21 rings (SSSR count). The summed E-state index contributed by atoms with van der Waals surface area (Å²) in [6, 6.07) is 140. The van der Waals surface area contributed by atoms with E-state index in [2.05, 4.69) is 431 Å². The van der Waals surface area contributed by atoms with E-state index in [1.807, 2.05) is 0 Å². The lowest BCUT2D eigenvalue weighted by atomic mass is 9.33. The zero-order valence-corrected chi connectivity index (χ0v) is 63.1. The van der Waals surface area contributed by atoms with Gasteiger partial charge in [0.1, 0.15) is 0 Å². The van der Waals surface area contributed by atoms with Crippen LogP contribution in [0.3, 0.4) is 0 Å². The van der Waals surface area contributed by atoms with Gasteiger partial charge in [0.2, 0.25) is 0 Å². The van der Waals surface area contributed by atoms with Crippen LogP contribution in [0.15, 0.2) is 370 Å². The van der Waals surface area contributed by atoms with Gasteiger partial charge in [-0.05, 0) is 171 Å². The van der Waals surface area contributed by atoms with Gasteiger partial charge in [0.05, 0.1) is 39.1 Å². The molecule has 2 aliphatic heterocycles. The predicted molar refractivity (Wildman–Crippen MR) is 474 cm³/mol. The Hall–Kier alpha value is -13.5. The first-order valence-electron chi connectivity index (χ1n) is 39.0. The third kappa shape index (κ3) is 10.5. The van der Waals surface area contributed by atoms with Crippen molar-refractivity contribution in [1.29, 1.82) is 0 Å². The van der Waals surface area contributed by atoms with Crippen LogP contribution in [-0.2, 0) is 10.8 Å². The van der Waals surface area contributed by atoms with Gasteiger partial charge in [0.25, 0.3) is 6.71 Å². The molecule has 2 aliphatic rings. The van der Waals surface area contributed by atoms with Crippen LogP contribution >= 0.6 is 0 Å². The van der Waals surface area contributed by atoms with Crippen molar-refractivity contribution < 1.29 is 0 Å². The molecule has 0 amide bonds. The largest absolute Gasteiger partial charge is 0.310 e. The van der Waals surface area contributed by atoms with Gasteiger partial charge < -0.3 is 18.9 Å². The Kier molecular flexibility index (Phi) is 15.2. The fourth-order valence-corrected chi connectivity index (χ4v) is 18.6. The molecule has 19 aromatic rings. The summed E-state index contributed by atoms with van der Waals surface area (Å²) in [6.07, 6.45) is 0. The van der Waals surface area contributed by atoms with Gasteiger partial charge in [-0.15, -0.1) is 0 Å². The minimum absolute atomic E-state index is 0.0720. The molecule has 0 bridgehead atoms. The van der Waals surface area contributed by atoms with Gasteiger partial charge in [0.15, 0.2) is 0 Å². The van der Waals surface area contributed by atoms with Gasteiger partial charge >= 0.3 is 0 Å². The molecule has 0 spiro atoms. The average molecular weight is 1420 g/mol. The van der Waals surface area contributed by atoms with Crippen LogP contribution in [0.4, 0.5) is 34.1 Å². The van der Waals surface area contributed by atoms with Gasteiger partial charge in [-0.2, -0.15) is 0 Å². The molecule has 2 aromatic heterocycles. The number of benzene rings is 17. The maximum Gasteiger partial charge on any atom is 0.252 e. The number of anilines is 6. The number of aromatic nitrogens is 2. The second-order valence-electron chi connectivity index (χ2n) is 32.3. The first kappa shape index (κ1) is 65.8. The molecular weight excluding hydrogens is 1340 g/mol. The van der Waals surface area contributed by atoms with Gasteiger partial charge in [-0.25, -0.2) is 0 Å². The normalized spacial score (nSPS) is 12.7. The molecule has 0 N–H and O–H groups in total. The number of hydrogen-bond acceptors (Lipinski definition) is 2. The highest BCUT2D eigenvalue weighted by Gasteiger charge is 2.46. The zero-order chi connectivity index (χ0) is 74.4. The van der Waals surface area contributed by atoms with Crippen LogP contribution in [0.1, 0.15) is 52.7 Å². The molecule has 0 aliphatic carbocycles. The first-order valence-corrected chi connectivity index (χ1v) is 39.0. The Bertz CT molecular complexity index is 6660. The summed E-state index contributed by atoms with van der Waals surface area (Å²) in [4.78, 5) is 5.43. The van der Waals surface area contributed by atoms with Crippen molar-refractivity contribution in [2.45, 2.75) is 52.4 Å². The van der Waals surface area contributed by atoms with Crippen LogP contribution in [0.2, 0.25) is 0 Å². The first-order chi connectivity index (χ1) is 54.4. The third-order valence-corrected chi connectivity index (χ3v) is 23.8. The average Bonchev–Trinajstić information content (AvgIpc) is 1.24. The van der Waals surface area contributed by atoms with E-state index in [-0.39, 0.29) is 17.5 Å². The molecule has 526 valence electrons. The van der Waals surface area contributed by atoms with Crippen molar-refractivity contribution in [3.63, 3.8) is 0 Å². The van der Waals surface area contributed by atoms with Crippen molar-refractivity contribution >= 4 is 122 Å². The molecule has 17 aromatic carbocycles. The molecule has 0 atom stereocenters. The van der Waals surface area contributed by atoms with Crippen molar-refractivity contribution in [3.8, 4) is 78.1 Å². The summed E-state index contributed by atoms with van der Waals surface area (Å²) in [5.74, 6) is 0. The molecule has 0 radical (unpaired) electrons. The van der Waals surface area contributed by atoms with E-state index in [9.17, 15) is 0 Å². The van der Waals surface area contributed by atoms with Crippen molar-refractivity contribution in [2.24, 2.45) is 0 Å². The summed E-state index contributed by atoms with van der Waals surface area (Å²) in [7, 11) is 0. The fourth-order valence-electron chi connectivity index (χ4n) is 18.6. The smallest absolute Gasteiger partial charge is 0.252 e. The van der Waals surface area contributed by atoms with E-state index in [0.29, 0.717) is 0 Å². The van der Waals surface area contributed by atoms with Crippen LogP contribution in [0.5, 0.6) is 0 Å². The minimum Gasteiger partial charge on any atom is -0.310 e. The summed E-state index contributed by atoms with van der Waals surface area (Å²) in [5, 5.41) is 9.75. The highest BCUT2D eigenvalue weighted by molar-refractivity contribution is 7.00. The molecule has 0 saturated heterocycles. The number of fused-ring (bicyclic) bond motifs is 12. The van der Waals surface area contributed by atoms with Gasteiger partial charge in [-0.3, -0.25) is 0 Å². The zero-order valence-electron chi connectivity index (χ0n) is 63.1. The quantitative estimate of drug-likeness (QED) is 0.100. The van der Waals surface area contributed by atoms with E-state index in [1.165, 1.54) is 98.3 Å². The van der Waals surface area contributed by atoms with E-state index in [1.54, 1.807) is 0 Å². The van der Waals surface area contributed by atoms with E-state index >= 15 is 0 Å². The monoisotopic (exact) mass is 1420 g/mol. The predicted octanol–water partition coefficient (Wildman–Crippen LogP) is 26.9. The Balaban J connectivity index is 0.953. The minimum atomic E-state index is -0.299. The number of rotatable bonds is 10. The molecule has 4 nitrogen and oxygen atoms in total. The lowest BCUT2D eigenvalue weighted by molar-refractivity contribution is 0.590. The molecule has 0 saturated carbocycles. The highest BCUT2D eigenvalue weighted by Crippen LogP contribution is 2.56. The molecule has 0 fully saturated rings. The lowest BCUT2D eigenvalue weighted by Crippen LogP contribution is -2.61. The van der Waals surface area contributed by atoms with Crippen molar-refractivity contribution in [3.05, 3.63) is 381 Å². The maximum atomic E-state index is 2.72. The van der Waals surface area contributed by atoms with Gasteiger partial charge in [0, 0.05) is 72.2 Å². The summed E-state index contributed by atoms with van der Waals surface area (Å²) < 4.78 is 5.11. The van der Waals surface area contributed by atoms with Crippen LogP contribution < -0.4 is 26.2 Å². The summed E-state index contributed by atoms with van der Waals surface area (Å²) in [6.45, 7) is 13.7. The van der Waals surface area contributed by atoms with Crippen LogP contribution in [-0.4, -0.2) is 15.8 Å². The van der Waals surface area contributed by atoms with Crippen LogP contribution in [0, 0.1) is 0 Å². The van der Waals surface area contributed by atoms with Crippen LogP contribution in [0.25, 0.3) is 143 Å². The Morgan fingerprint density at radius 1 is 0.225 bits per heavy atom. The second kappa shape index (κ2) is 25.6. The Morgan fingerprint density at radius 2 is 0.550 bits per heavy atom. The van der Waals surface area contributed by atoms with Gasteiger partial charge in [-0.1, -0.05) is 345 Å². The fraction of sp³-hybridized carbons (Fsp3) is 0.0755. The lowest BCUT2D eigenvalue weighted by Gasteiger charge is -2.46. The molecule has 111 heavy (non-hydrogen) atoms. The Labute approximate surface area is 648 Å². The molecule has 4 heterocycles. The van der Waals surface area contributed by atoms with E-state index < -0.39 is 0 Å². The third-order valence-electron chi connectivity index (χ3n) is 23.8. The number of nitrogens with zero attached hydrogens (tertiary/aromatic N) is 4. The molecule has 0 unspecified atom stereocenters. The maximum absolute atomic E-state index is 2.72. The summed E-state index contributed by atoms with van der Waals surface area (Å²) in [5.41, 5.74) is 33.3. The number of para-hydroxylation sites is 4. The Morgan fingerprint density at radius 3 is 0.955 bits per heavy atom. The standard InChI is InChI=1S/C106H79BN4/c1-105(2,3)74-55-60-94-88(63-74)89-64-75(106(4,5)6)56-61-95(89)108(94)76-57-59-91-97(65-76)111(104-80(70-36-16-9-17-37-70)50-31-51-81(104)71-38-18-10-19-39-71)99-67-77(109-92-52-28-26-42-82(92)83-43-27-29-53-93(83)109)66-98-102(99)107(91)90-58-54-73(101-86-46-24-22-44-84(86)100(72-40-20-11-21-41-72)85-45-23-25-47-87(85)101)62-96(90)110(98)103-78(68-32-12-7-13-33-68)48-30-49-79(103)69-34-14-8-15-35-69/h7-67H,1-6H3. The topological polar surface area (TPSA) is 16.3 Å². The van der Waals surface area contributed by atoms with E-state index in [0.717, 1.165) is 107 Å². The van der Waals surface area contributed by atoms with Crippen molar-refractivity contribution in [2.75, 3.05) is 9.80 Å². The second-order valence-corrected chi connectivity index (χ2v) is 32.3. The van der Waals surface area contributed by atoms with E-state index in [4.69, 9.17) is 0 Å². The van der Waals surface area contributed by atoms with Crippen molar-refractivity contribution in [1.82, 2.24) is 9.13 Å². The highest BCUT2D eigenvalue weighted by atomic mass is 15.2. The SMILES string of the molecule is CC(C)(C)c1ccc2c(c1)c1cc(C(C)(C)C)ccc1n2-c1ccc2c(c1)N(c1c(-c3ccccc3)cccc1-c1ccccc1)c1cc(-n3c4ccccc4c4ccccc43)cc3c1B2c1ccc(-c2c4ccccc4c(-c4ccccc4)c4ccccc24)cc1N3c1c(-c2ccccc2)cccc1-c1ccccc1. The molecular formula is C106H79BN4. The summed E-state index contributed by atoms with van der Waals surface area (Å²) >= 11 is 0.